The molecule has 2 aromatic rings. The van der Waals surface area contributed by atoms with Crippen LogP contribution in [0.3, 0.4) is 0 Å². The van der Waals surface area contributed by atoms with Gasteiger partial charge in [-0.05, 0) is 44.1 Å². The van der Waals surface area contributed by atoms with Crippen LogP contribution >= 0.6 is 11.8 Å². The summed E-state index contributed by atoms with van der Waals surface area (Å²) in [6.07, 6.45) is 6.99. The van der Waals surface area contributed by atoms with Gasteiger partial charge in [0, 0.05) is 11.4 Å². The normalized spacial score (nSPS) is 14.6. The van der Waals surface area contributed by atoms with Crippen LogP contribution in [0.25, 0.3) is 5.69 Å². The highest BCUT2D eigenvalue weighted by atomic mass is 32.2. The monoisotopic (exact) mass is 244 g/mol. The van der Waals surface area contributed by atoms with E-state index in [1.165, 1.54) is 29.9 Å². The number of aryl methyl sites for hydroxylation is 1. The van der Waals surface area contributed by atoms with Gasteiger partial charge >= 0.3 is 0 Å². The zero-order valence-corrected chi connectivity index (χ0v) is 10.8. The molecule has 88 valence electrons. The van der Waals surface area contributed by atoms with Gasteiger partial charge in [-0.15, -0.1) is 0 Å². The van der Waals surface area contributed by atoms with Crippen molar-refractivity contribution in [2.45, 2.75) is 30.8 Å². The predicted octanol–water partition coefficient (Wildman–Crippen LogP) is 3.47. The molecule has 0 atom stereocenters. The predicted molar refractivity (Wildman–Crippen MR) is 72.0 cm³/mol. The lowest BCUT2D eigenvalue weighted by molar-refractivity contribution is 0.654. The first-order chi connectivity index (χ1) is 8.40. The minimum absolute atomic E-state index is 1.13. The summed E-state index contributed by atoms with van der Waals surface area (Å²) < 4.78 is 2.33. The summed E-state index contributed by atoms with van der Waals surface area (Å²) in [4.78, 5) is 4.77. The van der Waals surface area contributed by atoms with Crippen LogP contribution in [-0.4, -0.2) is 15.8 Å². The first kappa shape index (κ1) is 10.9. The molecule has 0 saturated heterocycles. The van der Waals surface area contributed by atoms with Crippen molar-refractivity contribution in [1.29, 1.82) is 0 Å². The third-order valence-electron chi connectivity index (χ3n) is 3.30. The van der Waals surface area contributed by atoms with Gasteiger partial charge < -0.3 is 0 Å². The second-order valence-corrected chi connectivity index (χ2v) is 5.14. The van der Waals surface area contributed by atoms with Crippen molar-refractivity contribution < 1.29 is 0 Å². The lowest BCUT2D eigenvalue weighted by atomic mass is 10.0. The molecule has 1 aliphatic carbocycles. The number of thioether (sulfide) groups is 1. The van der Waals surface area contributed by atoms with Crippen molar-refractivity contribution in [2.75, 3.05) is 6.26 Å². The molecule has 3 rings (SSSR count). The topological polar surface area (TPSA) is 17.8 Å². The van der Waals surface area contributed by atoms with E-state index in [2.05, 4.69) is 41.2 Å². The number of hydrogen-bond acceptors (Lipinski definition) is 2. The van der Waals surface area contributed by atoms with Crippen LogP contribution in [0.2, 0.25) is 0 Å². The number of hydrogen-bond donors (Lipinski definition) is 0. The van der Waals surface area contributed by atoms with E-state index in [-0.39, 0.29) is 0 Å². The highest BCUT2D eigenvalue weighted by Gasteiger charge is 2.20. The van der Waals surface area contributed by atoms with E-state index in [1.807, 2.05) is 0 Å². The Balaban J connectivity index is 2.17. The number of nitrogens with zero attached hydrogens (tertiary/aromatic N) is 2. The highest BCUT2D eigenvalue weighted by molar-refractivity contribution is 7.98. The fourth-order valence-corrected chi connectivity index (χ4v) is 3.10. The Morgan fingerprint density at radius 1 is 1.12 bits per heavy atom. The first-order valence-corrected chi connectivity index (χ1v) is 7.32. The number of imidazole rings is 1. The van der Waals surface area contributed by atoms with Crippen LogP contribution in [0.5, 0.6) is 0 Å². The number of benzene rings is 1. The Labute approximate surface area is 106 Å². The largest absolute Gasteiger partial charge is 0.292 e. The summed E-state index contributed by atoms with van der Waals surface area (Å²) in [5, 5.41) is 1.13. The van der Waals surface area contributed by atoms with Crippen LogP contribution < -0.4 is 0 Å². The van der Waals surface area contributed by atoms with E-state index in [9.17, 15) is 0 Å². The van der Waals surface area contributed by atoms with Crippen LogP contribution in [-0.2, 0) is 12.8 Å². The van der Waals surface area contributed by atoms with Gasteiger partial charge in [-0.3, -0.25) is 4.57 Å². The minimum Gasteiger partial charge on any atom is -0.292 e. The summed E-state index contributed by atoms with van der Waals surface area (Å²) in [5.74, 6) is 0. The van der Waals surface area contributed by atoms with E-state index in [0.717, 1.165) is 18.0 Å². The smallest absolute Gasteiger partial charge is 0.172 e. The Morgan fingerprint density at radius 2 is 1.88 bits per heavy atom. The van der Waals surface area contributed by atoms with Crippen molar-refractivity contribution in [3.8, 4) is 5.69 Å². The third-order valence-corrected chi connectivity index (χ3v) is 3.94. The molecule has 17 heavy (non-hydrogen) atoms. The molecule has 1 aliphatic rings. The van der Waals surface area contributed by atoms with Crippen molar-refractivity contribution in [3.63, 3.8) is 0 Å². The second-order valence-electron chi connectivity index (χ2n) is 4.37. The van der Waals surface area contributed by atoms with Gasteiger partial charge in [0.15, 0.2) is 5.16 Å². The molecule has 0 radical (unpaired) electrons. The van der Waals surface area contributed by atoms with Gasteiger partial charge in [-0.2, -0.15) is 0 Å². The maximum Gasteiger partial charge on any atom is 0.172 e. The molecule has 0 bridgehead atoms. The molecule has 1 aromatic carbocycles. The van der Waals surface area contributed by atoms with Gasteiger partial charge in [0.2, 0.25) is 0 Å². The molecule has 1 aromatic heterocycles. The highest BCUT2D eigenvalue weighted by Crippen LogP contribution is 2.29. The van der Waals surface area contributed by atoms with Crippen LogP contribution in [0, 0.1) is 0 Å². The van der Waals surface area contributed by atoms with Gasteiger partial charge in [-0.1, -0.05) is 30.0 Å². The summed E-state index contributed by atoms with van der Waals surface area (Å²) in [6, 6.07) is 10.6. The van der Waals surface area contributed by atoms with E-state index < -0.39 is 0 Å². The average Bonchev–Trinajstić information content (AvgIpc) is 2.78. The average molecular weight is 244 g/mol. The standard InChI is InChI=1S/C14H16N2S/c1-17-14-15-12-9-5-6-10-13(12)16(14)11-7-3-2-4-8-11/h2-4,7-8H,5-6,9-10H2,1H3. The molecule has 0 amide bonds. The maximum absolute atomic E-state index is 4.77. The van der Waals surface area contributed by atoms with Crippen LogP contribution in [0.4, 0.5) is 0 Å². The van der Waals surface area contributed by atoms with E-state index in [1.54, 1.807) is 11.8 Å². The van der Waals surface area contributed by atoms with E-state index in [4.69, 9.17) is 4.98 Å². The zero-order valence-electron chi connectivity index (χ0n) is 10.0. The molecule has 0 N–H and O–H groups in total. The quantitative estimate of drug-likeness (QED) is 0.753. The van der Waals surface area contributed by atoms with Crippen molar-refractivity contribution in [1.82, 2.24) is 9.55 Å². The second kappa shape index (κ2) is 4.57. The Bertz CT molecular complexity index is 517. The Hall–Kier alpha value is -1.22. The summed E-state index contributed by atoms with van der Waals surface area (Å²) >= 11 is 1.74. The Kier molecular flexibility index (Phi) is 2.93. The molecule has 3 heteroatoms. The fraction of sp³-hybridized carbons (Fsp3) is 0.357. The van der Waals surface area contributed by atoms with Crippen molar-refractivity contribution in [3.05, 3.63) is 41.7 Å². The number of aromatic nitrogens is 2. The minimum atomic E-state index is 1.13. The molecule has 2 nitrogen and oxygen atoms in total. The molecule has 0 fully saturated rings. The van der Waals surface area contributed by atoms with Gasteiger partial charge in [0.05, 0.1) is 5.69 Å². The third kappa shape index (κ3) is 1.89. The number of fused-ring (bicyclic) bond motifs is 1. The SMILES string of the molecule is CSc1nc2c(n1-c1ccccc1)CCCC2. The molecule has 0 unspecified atom stereocenters. The van der Waals surface area contributed by atoms with Crippen LogP contribution in [0.15, 0.2) is 35.5 Å². The van der Waals surface area contributed by atoms with E-state index in [0.29, 0.717) is 0 Å². The van der Waals surface area contributed by atoms with Crippen molar-refractivity contribution in [2.24, 2.45) is 0 Å². The molecule has 0 aliphatic heterocycles. The first-order valence-electron chi connectivity index (χ1n) is 6.10. The number of rotatable bonds is 2. The molecular formula is C14H16N2S. The zero-order chi connectivity index (χ0) is 11.7. The lowest BCUT2D eigenvalue weighted by Crippen LogP contribution is -2.07. The molecule has 0 spiro atoms. The van der Waals surface area contributed by atoms with Gasteiger partial charge in [-0.25, -0.2) is 4.98 Å². The van der Waals surface area contributed by atoms with Crippen molar-refractivity contribution >= 4 is 11.8 Å². The maximum atomic E-state index is 4.77. The Morgan fingerprint density at radius 3 is 2.65 bits per heavy atom. The number of para-hydroxylation sites is 1. The van der Waals surface area contributed by atoms with Gasteiger partial charge in [0.25, 0.3) is 0 Å². The van der Waals surface area contributed by atoms with Gasteiger partial charge in [0.1, 0.15) is 0 Å². The van der Waals surface area contributed by atoms with E-state index >= 15 is 0 Å². The molecule has 0 saturated carbocycles. The summed E-state index contributed by atoms with van der Waals surface area (Å²) in [7, 11) is 0. The van der Waals surface area contributed by atoms with Crippen LogP contribution in [0.1, 0.15) is 24.2 Å². The molecular weight excluding hydrogens is 228 g/mol. The summed E-state index contributed by atoms with van der Waals surface area (Å²) in [5.41, 5.74) is 3.98. The fourth-order valence-electron chi connectivity index (χ4n) is 2.50. The molecule has 1 heterocycles. The summed E-state index contributed by atoms with van der Waals surface area (Å²) in [6.45, 7) is 0. The lowest BCUT2D eigenvalue weighted by Gasteiger charge is -2.14.